The number of anilines is 3. The van der Waals surface area contributed by atoms with Crippen molar-refractivity contribution in [1.29, 1.82) is 0 Å². The Kier molecular flexibility index (Phi) is 11.6. The summed E-state index contributed by atoms with van der Waals surface area (Å²) in [5.41, 5.74) is 27.3. The topological polar surface area (TPSA) is 38.5 Å². The van der Waals surface area contributed by atoms with E-state index in [1.807, 2.05) is 6.07 Å². The molecule has 0 fully saturated rings. The van der Waals surface area contributed by atoms with Gasteiger partial charge in [0.15, 0.2) is 0 Å². The van der Waals surface area contributed by atoms with Gasteiger partial charge in [-0.25, -0.2) is 0 Å². The first kappa shape index (κ1) is 41.8. The summed E-state index contributed by atoms with van der Waals surface area (Å²) in [4.78, 5) is 2.37. The van der Waals surface area contributed by atoms with E-state index >= 15 is 0 Å². The van der Waals surface area contributed by atoms with E-state index in [1.165, 1.54) is 66.8 Å². The average molecular weight is 867 g/mol. The normalized spacial score (nSPS) is 16.7. The maximum absolute atomic E-state index is 6.98. The Balaban J connectivity index is 0.836. The molecule has 11 rings (SSSR count). The van der Waals surface area contributed by atoms with Gasteiger partial charge in [0, 0.05) is 29.4 Å². The summed E-state index contributed by atoms with van der Waals surface area (Å²) >= 11 is 0. The summed E-state index contributed by atoms with van der Waals surface area (Å²) in [7, 11) is 0. The highest BCUT2D eigenvalue weighted by Crippen LogP contribution is 2.46. The van der Waals surface area contributed by atoms with Gasteiger partial charge >= 0.3 is 0 Å². The van der Waals surface area contributed by atoms with Crippen molar-refractivity contribution < 1.29 is 4.74 Å². The Morgan fingerprint density at radius 2 is 1.10 bits per heavy atom. The quantitative estimate of drug-likeness (QED) is 0.141. The molecule has 0 saturated heterocycles. The van der Waals surface area contributed by atoms with E-state index in [0.29, 0.717) is 0 Å². The zero-order chi connectivity index (χ0) is 45.1. The van der Waals surface area contributed by atoms with Crippen LogP contribution in [0.2, 0.25) is 0 Å². The van der Waals surface area contributed by atoms with Gasteiger partial charge in [-0.15, -0.1) is 0 Å². The first-order valence-corrected chi connectivity index (χ1v) is 23.8. The molecule has 0 heterocycles. The van der Waals surface area contributed by atoms with Crippen molar-refractivity contribution in [3.63, 3.8) is 0 Å². The van der Waals surface area contributed by atoms with Gasteiger partial charge in [0.25, 0.3) is 0 Å². The number of hydrogen-bond acceptors (Lipinski definition) is 3. The van der Waals surface area contributed by atoms with Crippen LogP contribution < -0.4 is 10.6 Å². The maximum Gasteiger partial charge on any atom is 0.121 e. The van der Waals surface area contributed by atoms with E-state index in [1.54, 1.807) is 0 Å². The number of hydrogen-bond donors (Lipinski definition) is 1. The smallest absolute Gasteiger partial charge is 0.121 e. The molecule has 67 heavy (non-hydrogen) atoms. The summed E-state index contributed by atoms with van der Waals surface area (Å²) in [6.07, 6.45) is 15.1. The van der Waals surface area contributed by atoms with Gasteiger partial charge in [-0.1, -0.05) is 194 Å². The zero-order valence-corrected chi connectivity index (χ0v) is 37.9. The van der Waals surface area contributed by atoms with Gasteiger partial charge < -0.3 is 15.4 Å². The van der Waals surface area contributed by atoms with Crippen molar-refractivity contribution in [2.45, 2.75) is 44.6 Å². The molecule has 3 aliphatic carbocycles. The number of allylic oxidation sites excluding steroid dienone is 6. The Hall–Kier alpha value is -7.88. The lowest BCUT2D eigenvalue weighted by molar-refractivity contribution is 0.116. The Bertz CT molecular complexity index is 3140. The van der Waals surface area contributed by atoms with Crippen LogP contribution in [0.3, 0.4) is 0 Å². The van der Waals surface area contributed by atoms with E-state index in [9.17, 15) is 0 Å². The van der Waals surface area contributed by atoms with Crippen LogP contribution >= 0.6 is 0 Å². The summed E-state index contributed by atoms with van der Waals surface area (Å²) < 4.78 is 6.63. The summed E-state index contributed by atoms with van der Waals surface area (Å²) in [6, 6.07) is 72.6. The second kappa shape index (κ2) is 18.5. The Labute approximate surface area is 395 Å². The molecule has 0 spiro atoms. The minimum absolute atomic E-state index is 0.107. The Morgan fingerprint density at radius 1 is 0.552 bits per heavy atom. The van der Waals surface area contributed by atoms with Gasteiger partial charge in [-0.2, -0.15) is 0 Å². The molecule has 0 aliphatic heterocycles. The lowest BCUT2D eigenvalue weighted by Gasteiger charge is -2.35. The summed E-state index contributed by atoms with van der Waals surface area (Å²) in [6.45, 7) is 2.12. The van der Waals surface area contributed by atoms with Crippen molar-refractivity contribution in [2.24, 2.45) is 11.7 Å². The second-order valence-electron chi connectivity index (χ2n) is 18.0. The number of nitrogens with zero attached hydrogens (tertiary/aromatic N) is 1. The van der Waals surface area contributed by atoms with Crippen molar-refractivity contribution in [3.05, 3.63) is 264 Å². The molecule has 3 atom stereocenters. The predicted octanol–water partition coefficient (Wildman–Crippen LogP) is 16.7. The number of rotatable bonds is 11. The van der Waals surface area contributed by atoms with Crippen LogP contribution in [-0.4, -0.2) is 0 Å². The van der Waals surface area contributed by atoms with E-state index in [4.69, 9.17) is 10.5 Å². The van der Waals surface area contributed by atoms with Gasteiger partial charge in [-0.05, 0) is 141 Å². The molecule has 3 aliphatic rings. The second-order valence-corrected chi connectivity index (χ2v) is 18.0. The fourth-order valence-electron chi connectivity index (χ4n) is 10.4. The van der Waals surface area contributed by atoms with E-state index in [2.05, 4.69) is 236 Å². The van der Waals surface area contributed by atoms with Crippen LogP contribution in [0.15, 0.2) is 242 Å². The average Bonchev–Trinajstić information content (AvgIpc) is 3.40. The predicted molar refractivity (Wildman–Crippen MR) is 280 cm³/mol. The fourth-order valence-corrected chi connectivity index (χ4v) is 10.4. The molecule has 0 radical (unpaired) electrons. The first-order chi connectivity index (χ1) is 33.0. The highest BCUT2D eigenvalue weighted by Gasteiger charge is 2.33. The molecular weight excluding hydrogens is 813 g/mol. The molecule has 8 aromatic carbocycles. The van der Waals surface area contributed by atoms with E-state index in [-0.39, 0.29) is 17.9 Å². The minimum atomic E-state index is -0.107. The third kappa shape index (κ3) is 8.57. The lowest BCUT2D eigenvalue weighted by Crippen LogP contribution is -2.26. The standard InChI is InChI=1S/C64H54N2O/c1-44(45-25-27-48(28-26-45)46-13-4-2-5-14-46)67-63-42-41-61-60(23-12-24-62(61)64(63)65)54-20-10-19-53(43-54)50-31-37-56(38-32-50)66(55-35-29-49(30-36-55)47-15-6-3-7-16-47)57-39-33-52(34-40-57)59-22-11-18-51-17-8-9-21-58(51)59/h2-8,10-20,22-40,43-44,60-61H,9,21,41-42,65H2,1H3. The highest BCUT2D eigenvalue weighted by atomic mass is 16.5. The third-order valence-electron chi connectivity index (χ3n) is 14.0. The molecule has 3 nitrogen and oxygen atoms in total. The van der Waals surface area contributed by atoms with Crippen LogP contribution in [0.4, 0.5) is 17.1 Å². The van der Waals surface area contributed by atoms with E-state index < -0.39 is 0 Å². The largest absolute Gasteiger partial charge is 0.488 e. The monoisotopic (exact) mass is 866 g/mol. The van der Waals surface area contributed by atoms with Crippen LogP contribution in [0.25, 0.3) is 50.6 Å². The van der Waals surface area contributed by atoms with Gasteiger partial charge in [0.2, 0.25) is 0 Å². The number of benzene rings is 8. The number of nitrogens with two attached hydrogens (primary N) is 1. The van der Waals surface area contributed by atoms with Gasteiger partial charge in [-0.3, -0.25) is 0 Å². The number of fused-ring (bicyclic) bond motifs is 2. The van der Waals surface area contributed by atoms with Crippen LogP contribution in [-0.2, 0) is 11.2 Å². The van der Waals surface area contributed by atoms with E-state index in [0.717, 1.165) is 59.8 Å². The SMILES string of the molecule is CC(OC1=C(N)C2=CC=CC(c3cccc(-c4ccc(N(c5ccc(-c6ccccc6)cc5)c5ccc(-c6cccc7c6CCC=C7)cc5)cc4)c3)C2CC1)c1ccc(-c2ccccc2)cc1. The molecule has 8 aromatic rings. The molecule has 0 bridgehead atoms. The van der Waals surface area contributed by atoms with Crippen molar-refractivity contribution >= 4 is 23.1 Å². The molecule has 0 amide bonds. The number of ether oxygens (including phenoxy) is 1. The minimum Gasteiger partial charge on any atom is -0.488 e. The Morgan fingerprint density at radius 3 is 1.75 bits per heavy atom. The summed E-state index contributed by atoms with van der Waals surface area (Å²) in [5.74, 6) is 1.40. The molecule has 326 valence electrons. The molecule has 0 saturated carbocycles. The highest BCUT2D eigenvalue weighted by molar-refractivity contribution is 5.82. The van der Waals surface area contributed by atoms with Crippen LogP contribution in [0.1, 0.15) is 60.5 Å². The molecule has 0 aromatic heterocycles. The van der Waals surface area contributed by atoms with Crippen molar-refractivity contribution in [3.8, 4) is 44.5 Å². The van der Waals surface area contributed by atoms with Gasteiger partial charge in [0.1, 0.15) is 11.9 Å². The maximum atomic E-state index is 6.98. The molecular formula is C64H54N2O. The van der Waals surface area contributed by atoms with Crippen molar-refractivity contribution in [1.82, 2.24) is 0 Å². The van der Waals surface area contributed by atoms with Crippen LogP contribution in [0, 0.1) is 5.92 Å². The molecule has 3 heteroatoms. The molecule has 3 unspecified atom stereocenters. The lowest BCUT2D eigenvalue weighted by atomic mass is 9.72. The summed E-state index contributed by atoms with van der Waals surface area (Å²) in [5, 5.41) is 0. The first-order valence-electron chi connectivity index (χ1n) is 23.8. The van der Waals surface area contributed by atoms with Crippen molar-refractivity contribution in [2.75, 3.05) is 4.90 Å². The third-order valence-corrected chi connectivity index (χ3v) is 14.0. The fraction of sp³-hybridized carbons (Fsp3) is 0.125. The van der Waals surface area contributed by atoms with Crippen LogP contribution in [0.5, 0.6) is 0 Å². The zero-order valence-electron chi connectivity index (χ0n) is 37.9. The molecule has 2 N–H and O–H groups in total. The van der Waals surface area contributed by atoms with Gasteiger partial charge in [0.05, 0.1) is 5.70 Å².